The molecule has 0 spiro atoms. The van der Waals surface area contributed by atoms with Gasteiger partial charge < -0.3 is 14.2 Å². The Morgan fingerprint density at radius 3 is 2.93 bits per heavy atom. The van der Waals surface area contributed by atoms with Crippen LogP contribution in [-0.2, 0) is 17.9 Å². The van der Waals surface area contributed by atoms with Crippen molar-refractivity contribution in [3.63, 3.8) is 0 Å². The molecule has 148 valence electrons. The number of carbonyl (C=O) groups excluding carboxylic acids is 1. The molecule has 0 atom stereocenters. The van der Waals surface area contributed by atoms with Crippen LogP contribution in [0.3, 0.4) is 0 Å². The zero-order valence-electron chi connectivity index (χ0n) is 15.1. The van der Waals surface area contributed by atoms with E-state index >= 15 is 0 Å². The van der Waals surface area contributed by atoms with E-state index in [1.165, 1.54) is 11.8 Å². The molecule has 0 fully saturated rings. The van der Waals surface area contributed by atoms with Crippen molar-refractivity contribution in [2.45, 2.75) is 18.3 Å². The second kappa shape index (κ2) is 7.49. The van der Waals surface area contributed by atoms with Crippen LogP contribution >= 0.6 is 23.4 Å². The van der Waals surface area contributed by atoms with E-state index in [0.29, 0.717) is 45.5 Å². The molecular formula is C19H15ClN4O4S. The van der Waals surface area contributed by atoms with Gasteiger partial charge in [-0.3, -0.25) is 4.79 Å². The van der Waals surface area contributed by atoms with Crippen molar-refractivity contribution in [3.8, 4) is 17.2 Å². The van der Waals surface area contributed by atoms with Crippen LogP contribution in [0.1, 0.15) is 11.4 Å². The molecule has 3 aromatic rings. The minimum absolute atomic E-state index is 0.0356. The van der Waals surface area contributed by atoms with Crippen molar-refractivity contribution in [2.75, 3.05) is 17.6 Å². The Balaban J connectivity index is 1.38. The van der Waals surface area contributed by atoms with E-state index in [9.17, 15) is 4.79 Å². The summed E-state index contributed by atoms with van der Waals surface area (Å²) in [7, 11) is 0. The molecule has 1 aromatic heterocycles. The van der Waals surface area contributed by atoms with Crippen molar-refractivity contribution in [3.05, 3.63) is 58.9 Å². The summed E-state index contributed by atoms with van der Waals surface area (Å²) in [5.41, 5.74) is 0.917. The van der Waals surface area contributed by atoms with E-state index in [1.807, 2.05) is 18.2 Å². The number of hydrogen-bond acceptors (Lipinski definition) is 7. The molecule has 0 N–H and O–H groups in total. The fourth-order valence-electron chi connectivity index (χ4n) is 3.11. The third-order valence-electron chi connectivity index (χ3n) is 4.46. The van der Waals surface area contributed by atoms with E-state index in [2.05, 4.69) is 10.2 Å². The second-order valence-corrected chi connectivity index (χ2v) is 7.76. The standard InChI is InChI=1S/C19H15ClN4O4S/c20-13-3-1-2-12(6-13)8-23-18(25)10-29-19-22-21-17(24(19)23)9-26-14-4-5-15-16(7-14)28-11-27-15/h1-7H,8-11H2. The van der Waals surface area contributed by atoms with Gasteiger partial charge in [-0.05, 0) is 29.8 Å². The van der Waals surface area contributed by atoms with Crippen LogP contribution in [0.2, 0.25) is 5.02 Å². The highest BCUT2D eigenvalue weighted by atomic mass is 35.5. The van der Waals surface area contributed by atoms with E-state index in [-0.39, 0.29) is 19.3 Å². The van der Waals surface area contributed by atoms with E-state index in [4.69, 9.17) is 25.8 Å². The molecule has 0 aliphatic carbocycles. The first kappa shape index (κ1) is 18.1. The van der Waals surface area contributed by atoms with Crippen LogP contribution in [0.5, 0.6) is 17.2 Å². The van der Waals surface area contributed by atoms with Gasteiger partial charge in [-0.2, -0.15) is 0 Å². The molecule has 3 heterocycles. The summed E-state index contributed by atoms with van der Waals surface area (Å²) in [5, 5.41) is 11.3. The van der Waals surface area contributed by atoms with Gasteiger partial charge in [-0.15, -0.1) is 10.2 Å². The van der Waals surface area contributed by atoms with Crippen LogP contribution in [0.25, 0.3) is 0 Å². The monoisotopic (exact) mass is 430 g/mol. The smallest absolute Gasteiger partial charge is 0.252 e. The van der Waals surface area contributed by atoms with Crippen molar-refractivity contribution in [2.24, 2.45) is 0 Å². The molecular weight excluding hydrogens is 416 g/mol. The van der Waals surface area contributed by atoms with Gasteiger partial charge in [0.05, 0.1) is 12.3 Å². The average molecular weight is 431 g/mol. The Kier molecular flexibility index (Phi) is 4.69. The molecule has 0 saturated heterocycles. The molecule has 5 rings (SSSR count). The fraction of sp³-hybridized carbons (Fsp3) is 0.211. The number of fused-ring (bicyclic) bond motifs is 2. The van der Waals surface area contributed by atoms with Gasteiger partial charge in [-0.1, -0.05) is 35.5 Å². The highest BCUT2D eigenvalue weighted by molar-refractivity contribution is 7.99. The Bertz CT molecular complexity index is 1090. The van der Waals surface area contributed by atoms with E-state index in [1.54, 1.807) is 34.0 Å². The predicted molar refractivity (Wildman–Crippen MR) is 106 cm³/mol. The Hall–Kier alpha value is -2.91. The van der Waals surface area contributed by atoms with Gasteiger partial charge >= 0.3 is 0 Å². The summed E-state index contributed by atoms with van der Waals surface area (Å²) in [5.74, 6) is 2.74. The van der Waals surface area contributed by atoms with Gasteiger partial charge in [0.25, 0.3) is 5.91 Å². The molecule has 8 nitrogen and oxygen atoms in total. The lowest BCUT2D eigenvalue weighted by Crippen LogP contribution is -2.45. The maximum absolute atomic E-state index is 12.6. The van der Waals surface area contributed by atoms with Crippen LogP contribution in [0.4, 0.5) is 0 Å². The predicted octanol–water partition coefficient (Wildman–Crippen LogP) is 3.01. The molecule has 1 amide bonds. The normalized spacial score (nSPS) is 14.8. The third kappa shape index (κ3) is 3.58. The lowest BCUT2D eigenvalue weighted by molar-refractivity contribution is -0.118. The number of hydrogen-bond donors (Lipinski definition) is 0. The van der Waals surface area contributed by atoms with Crippen molar-refractivity contribution in [1.82, 2.24) is 14.9 Å². The number of halogens is 1. The average Bonchev–Trinajstić information content (AvgIpc) is 3.35. The van der Waals surface area contributed by atoms with Gasteiger partial charge in [-0.25, -0.2) is 9.69 Å². The maximum atomic E-state index is 12.6. The quantitative estimate of drug-likeness (QED) is 0.615. The van der Waals surface area contributed by atoms with Gasteiger partial charge in [0.1, 0.15) is 12.4 Å². The van der Waals surface area contributed by atoms with Crippen LogP contribution < -0.4 is 19.2 Å². The molecule has 0 radical (unpaired) electrons. The van der Waals surface area contributed by atoms with Gasteiger partial charge in [0.2, 0.25) is 11.9 Å². The summed E-state index contributed by atoms with van der Waals surface area (Å²) in [4.78, 5) is 12.6. The van der Waals surface area contributed by atoms with E-state index in [0.717, 1.165) is 5.56 Å². The summed E-state index contributed by atoms with van der Waals surface area (Å²) in [6.45, 7) is 0.711. The van der Waals surface area contributed by atoms with Gasteiger partial charge in [0.15, 0.2) is 17.3 Å². The van der Waals surface area contributed by atoms with Crippen molar-refractivity contribution >= 4 is 29.3 Å². The maximum Gasteiger partial charge on any atom is 0.252 e. The number of ether oxygens (including phenoxy) is 3. The lowest BCUT2D eigenvalue weighted by Gasteiger charge is -2.29. The lowest BCUT2D eigenvalue weighted by atomic mass is 10.2. The zero-order chi connectivity index (χ0) is 19.8. The fourth-order valence-corrected chi connectivity index (χ4v) is 4.15. The molecule has 0 bridgehead atoms. The molecule has 2 aromatic carbocycles. The Morgan fingerprint density at radius 2 is 2.03 bits per heavy atom. The summed E-state index contributed by atoms with van der Waals surface area (Å²) < 4.78 is 18.3. The highest BCUT2D eigenvalue weighted by Crippen LogP contribution is 2.35. The van der Waals surface area contributed by atoms with Crippen molar-refractivity contribution < 1.29 is 19.0 Å². The Labute approximate surface area is 175 Å². The number of rotatable bonds is 5. The van der Waals surface area contributed by atoms with Gasteiger partial charge in [0, 0.05) is 11.1 Å². The van der Waals surface area contributed by atoms with Crippen LogP contribution in [0.15, 0.2) is 47.6 Å². The molecule has 0 saturated carbocycles. The number of carbonyl (C=O) groups is 1. The second-order valence-electron chi connectivity index (χ2n) is 6.38. The third-order valence-corrected chi connectivity index (χ3v) is 5.60. The molecule has 2 aliphatic rings. The first-order chi connectivity index (χ1) is 14.2. The summed E-state index contributed by atoms with van der Waals surface area (Å²) >= 11 is 7.44. The Morgan fingerprint density at radius 1 is 1.14 bits per heavy atom. The molecule has 29 heavy (non-hydrogen) atoms. The SMILES string of the molecule is O=C1CSc2nnc(COc3ccc4c(c3)OCO4)n2N1Cc1cccc(Cl)c1. The highest BCUT2D eigenvalue weighted by Gasteiger charge is 2.29. The number of aromatic nitrogens is 3. The number of nitrogens with zero attached hydrogens (tertiary/aromatic N) is 4. The number of benzene rings is 2. The van der Waals surface area contributed by atoms with Crippen molar-refractivity contribution in [1.29, 1.82) is 0 Å². The topological polar surface area (TPSA) is 78.7 Å². The molecule has 0 unspecified atom stereocenters. The van der Waals surface area contributed by atoms with Crippen LogP contribution in [0, 0.1) is 0 Å². The van der Waals surface area contributed by atoms with Crippen LogP contribution in [-0.4, -0.2) is 33.3 Å². The first-order valence-electron chi connectivity index (χ1n) is 8.82. The van der Waals surface area contributed by atoms with E-state index < -0.39 is 0 Å². The molecule has 2 aliphatic heterocycles. The zero-order valence-corrected chi connectivity index (χ0v) is 16.7. The minimum atomic E-state index is -0.0356. The largest absolute Gasteiger partial charge is 0.485 e. The number of amides is 1. The first-order valence-corrected chi connectivity index (χ1v) is 10.2. The summed E-state index contributed by atoms with van der Waals surface area (Å²) in [6, 6.07) is 12.8. The minimum Gasteiger partial charge on any atom is -0.485 e. The number of thioether (sulfide) groups is 1. The molecule has 10 heteroatoms. The summed E-state index contributed by atoms with van der Waals surface area (Å²) in [6.07, 6.45) is 0.